The second-order valence-electron chi connectivity index (χ2n) is 5.43. The topological polar surface area (TPSA) is 95.6 Å². The van der Waals surface area contributed by atoms with Gasteiger partial charge in [0.2, 0.25) is 5.91 Å². The maximum atomic E-state index is 12.2. The van der Waals surface area contributed by atoms with Gasteiger partial charge in [0, 0.05) is 18.5 Å². The molecule has 7 nitrogen and oxygen atoms in total. The van der Waals surface area contributed by atoms with Crippen LogP contribution in [0.2, 0.25) is 0 Å². The number of nitrogens with zero attached hydrogens (tertiary/aromatic N) is 1. The molecule has 2 aromatic carbocycles. The van der Waals surface area contributed by atoms with E-state index in [1.165, 1.54) is 0 Å². The highest BCUT2D eigenvalue weighted by Gasteiger charge is 2.34. The highest BCUT2D eigenvalue weighted by molar-refractivity contribution is 6.21. The number of carbonyl (C=O) groups is 4. The van der Waals surface area contributed by atoms with E-state index in [1.807, 2.05) is 0 Å². The van der Waals surface area contributed by atoms with Gasteiger partial charge in [-0.2, -0.15) is 0 Å². The maximum absolute atomic E-state index is 12.2. The van der Waals surface area contributed by atoms with Gasteiger partial charge in [0.25, 0.3) is 17.7 Å². The first-order valence-electron chi connectivity index (χ1n) is 7.67. The zero-order chi connectivity index (χ0) is 17.8. The lowest BCUT2D eigenvalue weighted by atomic mass is 10.1. The van der Waals surface area contributed by atoms with Crippen LogP contribution in [0.15, 0.2) is 54.6 Å². The summed E-state index contributed by atoms with van der Waals surface area (Å²) in [6.07, 6.45) is -0.111. The number of hydrogen-bond acceptors (Lipinski definition) is 4. The minimum absolute atomic E-state index is 0.0562. The van der Waals surface area contributed by atoms with Crippen LogP contribution in [-0.2, 0) is 4.79 Å². The fraction of sp³-hybridized carbons (Fsp3) is 0.111. The Balaban J connectivity index is 1.51. The van der Waals surface area contributed by atoms with Crippen LogP contribution < -0.4 is 10.9 Å². The molecule has 2 N–H and O–H groups in total. The van der Waals surface area contributed by atoms with E-state index < -0.39 is 23.6 Å². The molecule has 4 amide bonds. The molecule has 2 aromatic rings. The van der Waals surface area contributed by atoms with Crippen LogP contribution in [0.25, 0.3) is 0 Å². The van der Waals surface area contributed by atoms with E-state index in [1.54, 1.807) is 54.6 Å². The lowest BCUT2D eigenvalue weighted by Crippen LogP contribution is -2.43. The molecule has 0 bridgehead atoms. The number of amides is 4. The van der Waals surface area contributed by atoms with Gasteiger partial charge in [-0.3, -0.25) is 34.9 Å². The third-order valence-electron chi connectivity index (χ3n) is 3.79. The highest BCUT2D eigenvalue weighted by atomic mass is 16.2. The third-order valence-corrected chi connectivity index (χ3v) is 3.79. The predicted molar refractivity (Wildman–Crippen MR) is 88.5 cm³/mol. The molecule has 0 saturated heterocycles. The fourth-order valence-corrected chi connectivity index (χ4v) is 2.51. The number of imide groups is 1. The summed E-state index contributed by atoms with van der Waals surface area (Å²) in [5.74, 6) is -1.78. The van der Waals surface area contributed by atoms with Crippen molar-refractivity contribution in [1.29, 1.82) is 0 Å². The average molecular weight is 337 g/mol. The van der Waals surface area contributed by atoms with Gasteiger partial charge < -0.3 is 0 Å². The normalized spacial score (nSPS) is 12.7. The second kappa shape index (κ2) is 6.96. The minimum Gasteiger partial charge on any atom is -0.274 e. The van der Waals surface area contributed by atoms with E-state index in [9.17, 15) is 19.2 Å². The van der Waals surface area contributed by atoms with Crippen molar-refractivity contribution in [2.24, 2.45) is 0 Å². The van der Waals surface area contributed by atoms with E-state index in [0.717, 1.165) is 4.90 Å². The van der Waals surface area contributed by atoms with Gasteiger partial charge in [-0.25, -0.2) is 0 Å². The molecule has 0 spiro atoms. The summed E-state index contributed by atoms with van der Waals surface area (Å²) in [4.78, 5) is 49.0. The Morgan fingerprint density at radius 3 is 1.96 bits per heavy atom. The molecule has 3 rings (SSSR count). The molecule has 0 unspecified atom stereocenters. The molecule has 25 heavy (non-hydrogen) atoms. The van der Waals surface area contributed by atoms with Gasteiger partial charge in [-0.05, 0) is 24.3 Å². The summed E-state index contributed by atoms with van der Waals surface area (Å²) in [5, 5.41) is 0. The van der Waals surface area contributed by atoms with Gasteiger partial charge in [0.15, 0.2) is 0 Å². The number of carbonyl (C=O) groups excluding carboxylic acids is 4. The molecule has 0 aliphatic carbocycles. The molecule has 0 saturated carbocycles. The van der Waals surface area contributed by atoms with Gasteiger partial charge in [0.1, 0.15) is 0 Å². The van der Waals surface area contributed by atoms with Crippen LogP contribution in [0, 0.1) is 0 Å². The van der Waals surface area contributed by atoms with E-state index in [2.05, 4.69) is 10.9 Å². The molecule has 126 valence electrons. The van der Waals surface area contributed by atoms with Crippen molar-refractivity contribution >= 4 is 23.6 Å². The molecule has 1 heterocycles. The lowest BCUT2D eigenvalue weighted by Gasteiger charge is -2.13. The second-order valence-corrected chi connectivity index (χ2v) is 5.43. The van der Waals surface area contributed by atoms with Gasteiger partial charge in [-0.1, -0.05) is 30.3 Å². The van der Waals surface area contributed by atoms with Crippen molar-refractivity contribution in [2.45, 2.75) is 6.42 Å². The largest absolute Gasteiger partial charge is 0.274 e. The summed E-state index contributed by atoms with van der Waals surface area (Å²) in [5.41, 5.74) is 5.64. The zero-order valence-electron chi connectivity index (χ0n) is 13.2. The zero-order valence-corrected chi connectivity index (χ0v) is 13.2. The molecular weight excluding hydrogens is 322 g/mol. The van der Waals surface area contributed by atoms with Crippen LogP contribution in [0.4, 0.5) is 0 Å². The Bertz CT molecular complexity index is 813. The number of fused-ring (bicyclic) bond motifs is 1. The van der Waals surface area contributed by atoms with Crippen LogP contribution in [0.5, 0.6) is 0 Å². The Morgan fingerprint density at radius 2 is 1.36 bits per heavy atom. The van der Waals surface area contributed by atoms with Gasteiger partial charge >= 0.3 is 0 Å². The van der Waals surface area contributed by atoms with Crippen LogP contribution >= 0.6 is 0 Å². The number of hydrogen-bond donors (Lipinski definition) is 2. The first kappa shape index (κ1) is 16.4. The molecule has 1 aliphatic heterocycles. The fourth-order valence-electron chi connectivity index (χ4n) is 2.51. The molecular formula is C18H15N3O4. The van der Waals surface area contributed by atoms with Crippen molar-refractivity contribution in [3.63, 3.8) is 0 Å². The first-order valence-corrected chi connectivity index (χ1v) is 7.67. The summed E-state index contributed by atoms with van der Waals surface area (Å²) < 4.78 is 0. The summed E-state index contributed by atoms with van der Waals surface area (Å²) >= 11 is 0. The quantitative estimate of drug-likeness (QED) is 0.646. The minimum atomic E-state index is -0.499. The maximum Gasteiger partial charge on any atom is 0.269 e. The van der Waals surface area contributed by atoms with E-state index in [-0.39, 0.29) is 13.0 Å². The Labute approximate surface area is 143 Å². The van der Waals surface area contributed by atoms with Crippen molar-refractivity contribution in [3.05, 3.63) is 71.3 Å². The summed E-state index contributed by atoms with van der Waals surface area (Å²) in [6, 6.07) is 14.9. The standard InChI is InChI=1S/C18H15N3O4/c22-15(19-20-16(23)12-6-2-1-3-7-12)10-11-21-17(24)13-8-4-5-9-14(13)18(21)25/h1-9H,10-11H2,(H,19,22)(H,20,23). The van der Waals surface area contributed by atoms with Crippen molar-refractivity contribution < 1.29 is 19.2 Å². The monoisotopic (exact) mass is 337 g/mol. The van der Waals surface area contributed by atoms with Crippen molar-refractivity contribution in [2.75, 3.05) is 6.54 Å². The lowest BCUT2D eigenvalue weighted by molar-refractivity contribution is -0.121. The molecule has 0 aromatic heterocycles. The van der Waals surface area contributed by atoms with E-state index >= 15 is 0 Å². The van der Waals surface area contributed by atoms with E-state index in [4.69, 9.17) is 0 Å². The van der Waals surface area contributed by atoms with Crippen LogP contribution in [-0.4, -0.2) is 35.1 Å². The molecule has 1 aliphatic rings. The summed E-state index contributed by atoms with van der Waals surface area (Å²) in [6.45, 7) is -0.0562. The molecule has 7 heteroatoms. The smallest absolute Gasteiger partial charge is 0.269 e. The number of rotatable bonds is 4. The van der Waals surface area contributed by atoms with Crippen LogP contribution in [0.3, 0.4) is 0 Å². The third kappa shape index (κ3) is 3.40. The van der Waals surface area contributed by atoms with Crippen LogP contribution in [0.1, 0.15) is 37.5 Å². The number of nitrogens with one attached hydrogen (secondary N) is 2. The SMILES string of the molecule is O=C(CCN1C(=O)c2ccccc2C1=O)NNC(=O)c1ccccc1. The Morgan fingerprint density at radius 1 is 0.800 bits per heavy atom. The number of benzene rings is 2. The Kier molecular flexibility index (Phi) is 4.56. The summed E-state index contributed by atoms with van der Waals surface area (Å²) in [7, 11) is 0. The van der Waals surface area contributed by atoms with Gasteiger partial charge in [0.05, 0.1) is 11.1 Å². The van der Waals surface area contributed by atoms with Crippen molar-refractivity contribution in [1.82, 2.24) is 15.8 Å². The first-order chi connectivity index (χ1) is 12.1. The molecule has 0 fully saturated rings. The predicted octanol–water partition coefficient (Wildman–Crippen LogP) is 1.13. The average Bonchev–Trinajstić information content (AvgIpc) is 2.89. The molecule has 0 radical (unpaired) electrons. The van der Waals surface area contributed by atoms with Gasteiger partial charge in [-0.15, -0.1) is 0 Å². The molecule has 0 atom stereocenters. The highest BCUT2D eigenvalue weighted by Crippen LogP contribution is 2.22. The van der Waals surface area contributed by atoms with Crippen molar-refractivity contribution in [3.8, 4) is 0 Å². The number of hydrazine groups is 1. The van der Waals surface area contributed by atoms with E-state index in [0.29, 0.717) is 16.7 Å². The Hall–Kier alpha value is -3.48.